The molecule has 0 bridgehead atoms. The molecule has 1 aromatic carbocycles. The Morgan fingerprint density at radius 1 is 1.43 bits per heavy atom. The third-order valence-corrected chi connectivity index (χ3v) is 5.26. The molecule has 1 aliphatic heterocycles. The number of ether oxygens (including phenoxy) is 1. The van der Waals surface area contributed by atoms with Crippen LogP contribution in [0.2, 0.25) is 0 Å². The molecule has 1 aliphatic rings. The molecule has 1 saturated heterocycles. The van der Waals surface area contributed by atoms with Gasteiger partial charge in [0, 0.05) is 24.9 Å². The highest BCUT2D eigenvalue weighted by Crippen LogP contribution is 2.20. The highest BCUT2D eigenvalue weighted by Gasteiger charge is 2.30. The van der Waals surface area contributed by atoms with E-state index < -0.39 is 15.1 Å². The fraction of sp³-hybridized carbons (Fsp3) is 0.533. The van der Waals surface area contributed by atoms with Gasteiger partial charge in [-0.1, -0.05) is 6.07 Å². The third-order valence-electron chi connectivity index (χ3n) is 3.66. The molecule has 1 atom stereocenters. The number of hydrogen-bond acceptors (Lipinski definition) is 4. The monoisotopic (exact) mass is 311 g/mol. The van der Waals surface area contributed by atoms with E-state index in [2.05, 4.69) is 0 Å². The molecule has 6 heteroatoms. The number of hydrogen-bond donors (Lipinski definition) is 0. The topological polar surface area (TPSA) is 63.7 Å². The maximum atomic E-state index is 12.5. The van der Waals surface area contributed by atoms with Crippen molar-refractivity contribution in [2.24, 2.45) is 0 Å². The summed E-state index contributed by atoms with van der Waals surface area (Å²) in [4.78, 5) is 14.1. The molecule has 116 valence electrons. The number of nitrogens with zero attached hydrogens (tertiary/aromatic N) is 1. The molecule has 1 unspecified atom stereocenters. The lowest BCUT2D eigenvalue weighted by Crippen LogP contribution is -2.44. The average Bonchev–Trinajstić information content (AvgIpc) is 2.46. The van der Waals surface area contributed by atoms with Gasteiger partial charge in [-0.05, 0) is 38.0 Å². The average molecular weight is 311 g/mol. The molecule has 5 nitrogen and oxygen atoms in total. The summed E-state index contributed by atoms with van der Waals surface area (Å²) in [5.41, 5.74) is 0.537. The summed E-state index contributed by atoms with van der Waals surface area (Å²) >= 11 is 0. The summed E-state index contributed by atoms with van der Waals surface area (Å²) < 4.78 is 28.7. The van der Waals surface area contributed by atoms with Gasteiger partial charge in [0.05, 0.1) is 11.9 Å². The molecular weight excluding hydrogens is 290 g/mol. The molecule has 1 aromatic rings. The first-order valence-corrected chi connectivity index (χ1v) is 9.08. The predicted octanol–water partition coefficient (Wildman–Crippen LogP) is 1.73. The van der Waals surface area contributed by atoms with Crippen LogP contribution in [0, 0.1) is 0 Å². The number of rotatable bonds is 4. The van der Waals surface area contributed by atoms with Crippen molar-refractivity contribution in [3.63, 3.8) is 0 Å². The van der Waals surface area contributed by atoms with E-state index in [4.69, 9.17) is 4.74 Å². The summed E-state index contributed by atoms with van der Waals surface area (Å²) in [6.45, 7) is 3.30. The van der Waals surface area contributed by atoms with Crippen molar-refractivity contribution in [2.75, 3.05) is 26.0 Å². The molecule has 0 aliphatic carbocycles. The van der Waals surface area contributed by atoms with Gasteiger partial charge in [-0.2, -0.15) is 0 Å². The number of piperidine rings is 1. The highest BCUT2D eigenvalue weighted by atomic mass is 32.2. The number of sulfone groups is 1. The van der Waals surface area contributed by atoms with Crippen LogP contribution in [0.15, 0.2) is 24.3 Å². The van der Waals surface area contributed by atoms with Crippen molar-refractivity contribution in [3.05, 3.63) is 29.8 Å². The van der Waals surface area contributed by atoms with Crippen LogP contribution in [0.1, 0.15) is 30.1 Å². The van der Waals surface area contributed by atoms with Gasteiger partial charge in [-0.15, -0.1) is 0 Å². The number of benzene rings is 1. The van der Waals surface area contributed by atoms with Crippen LogP contribution in [0.25, 0.3) is 0 Å². The summed E-state index contributed by atoms with van der Waals surface area (Å²) in [6, 6.07) is 7.01. The first-order chi connectivity index (χ1) is 9.91. The predicted molar refractivity (Wildman–Crippen MR) is 81.4 cm³/mol. The molecular formula is C15H21NO4S. The molecule has 0 aromatic heterocycles. The second-order valence-electron chi connectivity index (χ2n) is 5.31. The Bertz CT molecular complexity index is 612. The zero-order valence-electron chi connectivity index (χ0n) is 12.4. The molecule has 0 saturated carbocycles. The molecule has 1 fully saturated rings. The smallest absolute Gasteiger partial charge is 0.254 e. The third kappa shape index (κ3) is 3.97. The van der Waals surface area contributed by atoms with E-state index in [0.717, 1.165) is 0 Å². The van der Waals surface area contributed by atoms with Crippen molar-refractivity contribution in [3.8, 4) is 5.75 Å². The van der Waals surface area contributed by atoms with Crippen molar-refractivity contribution in [1.29, 1.82) is 0 Å². The zero-order chi connectivity index (χ0) is 15.5. The SMILES string of the molecule is CCOc1cccc(C(=O)N2CCCC(S(C)(=O)=O)C2)c1. The Balaban J connectivity index is 2.14. The number of likely N-dealkylation sites (tertiary alicyclic amines) is 1. The molecule has 1 heterocycles. The second kappa shape index (κ2) is 6.47. The number of amides is 1. The lowest BCUT2D eigenvalue weighted by atomic mass is 10.1. The Morgan fingerprint density at radius 2 is 2.19 bits per heavy atom. The fourth-order valence-electron chi connectivity index (χ4n) is 2.54. The van der Waals surface area contributed by atoms with Crippen LogP contribution in [-0.2, 0) is 9.84 Å². The van der Waals surface area contributed by atoms with E-state index in [-0.39, 0.29) is 12.5 Å². The van der Waals surface area contributed by atoms with Crippen LogP contribution < -0.4 is 4.74 Å². The summed E-state index contributed by atoms with van der Waals surface area (Å²) in [5.74, 6) is 0.518. The first-order valence-electron chi connectivity index (χ1n) is 7.13. The van der Waals surface area contributed by atoms with Crippen molar-refractivity contribution in [2.45, 2.75) is 25.0 Å². The molecule has 0 N–H and O–H groups in total. The van der Waals surface area contributed by atoms with Crippen LogP contribution in [0.3, 0.4) is 0 Å². The largest absolute Gasteiger partial charge is 0.494 e. The lowest BCUT2D eigenvalue weighted by molar-refractivity contribution is 0.0726. The van der Waals surface area contributed by atoms with Crippen LogP contribution in [-0.4, -0.2) is 50.4 Å². The zero-order valence-corrected chi connectivity index (χ0v) is 13.2. The van der Waals surface area contributed by atoms with E-state index in [1.807, 2.05) is 6.92 Å². The molecule has 2 rings (SSSR count). The van der Waals surface area contributed by atoms with Gasteiger partial charge in [0.25, 0.3) is 5.91 Å². The molecule has 0 radical (unpaired) electrons. The van der Waals surface area contributed by atoms with E-state index in [1.165, 1.54) is 6.26 Å². The van der Waals surface area contributed by atoms with Crippen molar-refractivity contribution in [1.82, 2.24) is 4.90 Å². The normalized spacial score (nSPS) is 19.3. The van der Waals surface area contributed by atoms with Gasteiger partial charge in [0.15, 0.2) is 9.84 Å². The Hall–Kier alpha value is -1.56. The maximum absolute atomic E-state index is 12.5. The molecule has 1 amide bonds. The van der Waals surface area contributed by atoms with Gasteiger partial charge in [-0.3, -0.25) is 4.79 Å². The Labute approximate surface area is 125 Å². The first kappa shape index (κ1) is 15.8. The minimum absolute atomic E-state index is 0.134. The van der Waals surface area contributed by atoms with Gasteiger partial charge >= 0.3 is 0 Å². The van der Waals surface area contributed by atoms with Crippen LogP contribution >= 0.6 is 0 Å². The second-order valence-corrected chi connectivity index (χ2v) is 7.63. The quantitative estimate of drug-likeness (QED) is 0.849. The molecule has 0 spiro atoms. The summed E-state index contributed by atoms with van der Waals surface area (Å²) in [5, 5.41) is -0.453. The number of carbonyl (C=O) groups is 1. The number of carbonyl (C=O) groups excluding carboxylic acids is 1. The van der Waals surface area contributed by atoms with Gasteiger partial charge < -0.3 is 9.64 Å². The highest BCUT2D eigenvalue weighted by molar-refractivity contribution is 7.91. The van der Waals surface area contributed by atoms with Gasteiger partial charge in [0.1, 0.15) is 5.75 Å². The minimum Gasteiger partial charge on any atom is -0.494 e. The molecule has 21 heavy (non-hydrogen) atoms. The van der Waals surface area contributed by atoms with E-state index in [9.17, 15) is 13.2 Å². The van der Waals surface area contributed by atoms with Crippen LogP contribution in [0.5, 0.6) is 5.75 Å². The Kier molecular flexibility index (Phi) is 4.88. The lowest BCUT2D eigenvalue weighted by Gasteiger charge is -2.31. The van der Waals surface area contributed by atoms with Gasteiger partial charge in [-0.25, -0.2) is 8.42 Å². The van der Waals surface area contributed by atoms with Crippen molar-refractivity contribution < 1.29 is 17.9 Å². The maximum Gasteiger partial charge on any atom is 0.254 e. The van der Waals surface area contributed by atoms with E-state index >= 15 is 0 Å². The standard InChI is InChI=1S/C15H21NO4S/c1-3-20-13-7-4-6-12(10-13)15(17)16-9-5-8-14(11-16)21(2,18)19/h4,6-7,10,14H,3,5,8-9,11H2,1-2H3. The van der Waals surface area contributed by atoms with Crippen molar-refractivity contribution >= 4 is 15.7 Å². The van der Waals surface area contributed by atoms with Gasteiger partial charge in [0.2, 0.25) is 0 Å². The Morgan fingerprint density at radius 3 is 2.86 bits per heavy atom. The fourth-order valence-corrected chi connectivity index (χ4v) is 3.59. The minimum atomic E-state index is -3.11. The summed E-state index contributed by atoms with van der Waals surface area (Å²) in [6.07, 6.45) is 2.58. The van der Waals surface area contributed by atoms with E-state index in [1.54, 1.807) is 29.2 Å². The van der Waals surface area contributed by atoms with E-state index in [0.29, 0.717) is 37.3 Å². The van der Waals surface area contributed by atoms with Crippen LogP contribution in [0.4, 0.5) is 0 Å². The summed E-state index contributed by atoms with van der Waals surface area (Å²) in [7, 11) is -3.11.